The maximum Gasteiger partial charge on any atom is 0.306 e. The number of rotatable bonds is 10. The van der Waals surface area contributed by atoms with Crippen molar-refractivity contribution in [2.45, 2.75) is 111 Å². The standard InChI is InChI=1S/C25H42O3/c1-8-9-10-11-12-13-14-19(23(27)28)15-18-16-20(24(2,3)4)22(26)21(17-18)25(5,6)7/h16-17,19,26H,8-15H2,1-7H3,(H,27,28)/t19-/m0/s1. The molecular weight excluding hydrogens is 348 g/mol. The van der Waals surface area contributed by atoms with Gasteiger partial charge in [-0.25, -0.2) is 0 Å². The van der Waals surface area contributed by atoms with Crippen LogP contribution >= 0.6 is 0 Å². The summed E-state index contributed by atoms with van der Waals surface area (Å²) < 4.78 is 0. The molecule has 0 spiro atoms. The Bertz CT molecular complexity index is 597. The van der Waals surface area contributed by atoms with Gasteiger partial charge in [-0.3, -0.25) is 4.79 Å². The van der Waals surface area contributed by atoms with Crippen LogP contribution in [0.1, 0.15) is 110 Å². The zero-order chi connectivity index (χ0) is 21.5. The van der Waals surface area contributed by atoms with Crippen LogP contribution in [-0.4, -0.2) is 16.2 Å². The molecule has 0 aromatic heterocycles. The molecule has 0 bridgehead atoms. The Hall–Kier alpha value is -1.51. The van der Waals surface area contributed by atoms with Crippen molar-refractivity contribution in [2.75, 3.05) is 0 Å². The zero-order valence-electron chi connectivity index (χ0n) is 19.2. The highest BCUT2D eigenvalue weighted by atomic mass is 16.4. The molecule has 0 amide bonds. The van der Waals surface area contributed by atoms with Crippen LogP contribution in [0.4, 0.5) is 0 Å². The molecule has 0 aliphatic carbocycles. The third-order valence-corrected chi connectivity index (χ3v) is 5.52. The second-order valence-electron chi connectivity index (χ2n) is 10.3. The Morgan fingerprint density at radius 1 is 0.893 bits per heavy atom. The molecule has 1 rings (SSSR count). The molecule has 1 aromatic rings. The third kappa shape index (κ3) is 7.48. The summed E-state index contributed by atoms with van der Waals surface area (Å²) in [4.78, 5) is 11.9. The Kier molecular flexibility index (Phi) is 9.04. The van der Waals surface area contributed by atoms with E-state index in [-0.39, 0.29) is 16.7 Å². The van der Waals surface area contributed by atoms with Crippen LogP contribution < -0.4 is 0 Å². The topological polar surface area (TPSA) is 57.5 Å². The van der Waals surface area contributed by atoms with Crippen molar-refractivity contribution in [2.24, 2.45) is 5.92 Å². The van der Waals surface area contributed by atoms with Crippen LogP contribution in [0.15, 0.2) is 12.1 Å². The molecule has 1 atom stereocenters. The second kappa shape index (κ2) is 10.3. The first kappa shape index (κ1) is 24.5. The molecule has 1 aromatic carbocycles. The molecule has 0 radical (unpaired) electrons. The van der Waals surface area contributed by atoms with Gasteiger partial charge in [0, 0.05) is 0 Å². The first-order valence-corrected chi connectivity index (χ1v) is 11.0. The quantitative estimate of drug-likeness (QED) is 0.424. The maximum atomic E-state index is 11.9. The fourth-order valence-electron chi connectivity index (χ4n) is 3.72. The Balaban J connectivity index is 3.01. The molecule has 0 fully saturated rings. The smallest absolute Gasteiger partial charge is 0.306 e. The van der Waals surface area contributed by atoms with E-state index in [4.69, 9.17) is 0 Å². The summed E-state index contributed by atoms with van der Waals surface area (Å²) in [6.07, 6.45) is 8.26. The summed E-state index contributed by atoms with van der Waals surface area (Å²) in [6.45, 7) is 14.7. The van der Waals surface area contributed by atoms with E-state index in [1.165, 1.54) is 25.7 Å². The zero-order valence-corrected chi connectivity index (χ0v) is 19.2. The number of benzene rings is 1. The first-order valence-electron chi connectivity index (χ1n) is 11.0. The van der Waals surface area contributed by atoms with Crippen molar-refractivity contribution in [3.05, 3.63) is 28.8 Å². The fourth-order valence-corrected chi connectivity index (χ4v) is 3.72. The molecule has 0 saturated heterocycles. The average molecular weight is 391 g/mol. The molecule has 0 saturated carbocycles. The highest BCUT2D eigenvalue weighted by Crippen LogP contribution is 2.40. The number of hydrogen-bond donors (Lipinski definition) is 2. The second-order valence-corrected chi connectivity index (χ2v) is 10.3. The van der Waals surface area contributed by atoms with Crippen molar-refractivity contribution >= 4 is 5.97 Å². The van der Waals surface area contributed by atoms with E-state index in [0.29, 0.717) is 12.2 Å². The molecule has 0 unspecified atom stereocenters. The van der Waals surface area contributed by atoms with E-state index in [1.54, 1.807) is 0 Å². The summed E-state index contributed by atoms with van der Waals surface area (Å²) >= 11 is 0. The van der Waals surface area contributed by atoms with Gasteiger partial charge in [0.15, 0.2) is 0 Å². The third-order valence-electron chi connectivity index (χ3n) is 5.52. The van der Waals surface area contributed by atoms with Gasteiger partial charge >= 0.3 is 5.97 Å². The summed E-state index contributed by atoms with van der Waals surface area (Å²) in [7, 11) is 0. The summed E-state index contributed by atoms with van der Waals surface area (Å²) in [6, 6.07) is 4.03. The van der Waals surface area contributed by atoms with Gasteiger partial charge in [-0.05, 0) is 40.4 Å². The number of carbonyl (C=O) groups is 1. The number of aliphatic carboxylic acids is 1. The van der Waals surface area contributed by atoms with Crippen LogP contribution in [0, 0.1) is 5.92 Å². The van der Waals surface area contributed by atoms with Gasteiger partial charge in [0.25, 0.3) is 0 Å². The Labute approximate surface area is 172 Å². The van der Waals surface area contributed by atoms with Gasteiger partial charge in [-0.15, -0.1) is 0 Å². The average Bonchev–Trinajstić information content (AvgIpc) is 2.55. The largest absolute Gasteiger partial charge is 0.507 e. The van der Waals surface area contributed by atoms with Gasteiger partial charge < -0.3 is 10.2 Å². The predicted molar refractivity (Wildman–Crippen MR) is 118 cm³/mol. The minimum atomic E-state index is -0.712. The van der Waals surface area contributed by atoms with Gasteiger partial charge in [0.1, 0.15) is 5.75 Å². The lowest BCUT2D eigenvalue weighted by atomic mass is 9.77. The first-order chi connectivity index (χ1) is 12.9. The SMILES string of the molecule is CCCCCCCC[C@@H](Cc1cc(C(C)(C)C)c(O)c(C(C)(C)C)c1)C(=O)O. The Morgan fingerprint density at radius 3 is 1.79 bits per heavy atom. The van der Waals surface area contributed by atoms with Gasteiger partial charge in [0.05, 0.1) is 5.92 Å². The van der Waals surface area contributed by atoms with Gasteiger partial charge in [-0.2, -0.15) is 0 Å². The molecular formula is C25H42O3. The summed E-state index contributed by atoms with van der Waals surface area (Å²) in [5, 5.41) is 20.6. The lowest BCUT2D eigenvalue weighted by Gasteiger charge is -2.28. The van der Waals surface area contributed by atoms with Crippen molar-refractivity contribution in [3.8, 4) is 5.75 Å². The number of hydrogen-bond acceptors (Lipinski definition) is 2. The van der Waals surface area contributed by atoms with Crippen molar-refractivity contribution in [1.29, 1.82) is 0 Å². The van der Waals surface area contributed by atoms with Gasteiger partial charge in [-0.1, -0.05) is 99.1 Å². The lowest BCUT2D eigenvalue weighted by Crippen LogP contribution is -2.20. The van der Waals surface area contributed by atoms with Gasteiger partial charge in [0.2, 0.25) is 0 Å². The fraction of sp³-hybridized carbons (Fsp3) is 0.720. The summed E-state index contributed by atoms with van der Waals surface area (Å²) in [5.41, 5.74) is 2.43. The molecule has 3 heteroatoms. The monoisotopic (exact) mass is 390 g/mol. The van der Waals surface area contributed by atoms with E-state index in [0.717, 1.165) is 36.0 Å². The van der Waals surface area contributed by atoms with E-state index in [9.17, 15) is 15.0 Å². The van der Waals surface area contributed by atoms with Crippen molar-refractivity contribution < 1.29 is 15.0 Å². The number of unbranched alkanes of at least 4 members (excludes halogenated alkanes) is 5. The van der Waals surface area contributed by atoms with Crippen LogP contribution in [0.3, 0.4) is 0 Å². The predicted octanol–water partition coefficient (Wildman–Crippen LogP) is 6.98. The van der Waals surface area contributed by atoms with Crippen LogP contribution in [0.25, 0.3) is 0 Å². The van der Waals surface area contributed by atoms with E-state index < -0.39 is 5.97 Å². The minimum Gasteiger partial charge on any atom is -0.507 e. The highest BCUT2D eigenvalue weighted by molar-refractivity contribution is 5.70. The lowest BCUT2D eigenvalue weighted by molar-refractivity contribution is -0.142. The van der Waals surface area contributed by atoms with Crippen LogP contribution in [0.5, 0.6) is 5.75 Å². The molecule has 3 nitrogen and oxygen atoms in total. The Morgan fingerprint density at radius 2 is 1.36 bits per heavy atom. The van der Waals surface area contributed by atoms with Crippen LogP contribution in [0.2, 0.25) is 0 Å². The number of carboxylic acids is 1. The normalized spacial score (nSPS) is 13.5. The molecule has 28 heavy (non-hydrogen) atoms. The molecule has 0 heterocycles. The number of aromatic hydroxyl groups is 1. The van der Waals surface area contributed by atoms with E-state index >= 15 is 0 Å². The van der Waals surface area contributed by atoms with E-state index in [1.807, 2.05) is 12.1 Å². The molecule has 2 N–H and O–H groups in total. The van der Waals surface area contributed by atoms with Crippen LogP contribution in [-0.2, 0) is 22.0 Å². The van der Waals surface area contributed by atoms with Crippen molar-refractivity contribution in [1.82, 2.24) is 0 Å². The maximum absolute atomic E-state index is 11.9. The highest BCUT2D eigenvalue weighted by Gasteiger charge is 2.27. The molecule has 160 valence electrons. The number of phenolic OH excluding ortho intramolecular Hbond substituents is 1. The molecule has 0 aliphatic heterocycles. The number of phenols is 1. The minimum absolute atomic E-state index is 0.196. The van der Waals surface area contributed by atoms with E-state index in [2.05, 4.69) is 48.5 Å². The van der Waals surface area contributed by atoms with Crippen molar-refractivity contribution in [3.63, 3.8) is 0 Å². The summed E-state index contributed by atoms with van der Waals surface area (Å²) in [5.74, 6) is -0.723. The molecule has 0 aliphatic rings. The number of carboxylic acid groups (broad SMARTS) is 1.